The van der Waals surface area contributed by atoms with Gasteiger partial charge in [-0.05, 0) is 44.4 Å². The largest absolute Gasteiger partial charge is 0.496 e. The summed E-state index contributed by atoms with van der Waals surface area (Å²) < 4.78 is 5.50. The van der Waals surface area contributed by atoms with E-state index in [0.717, 1.165) is 52.8 Å². The highest BCUT2D eigenvalue weighted by molar-refractivity contribution is 5.91. The van der Waals surface area contributed by atoms with E-state index >= 15 is 0 Å². The Bertz CT molecular complexity index is 865. The first kappa shape index (κ1) is 15.0. The van der Waals surface area contributed by atoms with Crippen LogP contribution < -0.4 is 9.64 Å². The number of fused-ring (bicyclic) bond motifs is 1. The summed E-state index contributed by atoms with van der Waals surface area (Å²) in [6.07, 6.45) is 3.76. The van der Waals surface area contributed by atoms with Gasteiger partial charge in [-0.1, -0.05) is 12.1 Å². The van der Waals surface area contributed by atoms with Crippen molar-refractivity contribution < 1.29 is 4.74 Å². The van der Waals surface area contributed by atoms with E-state index in [1.165, 1.54) is 19.3 Å². The van der Waals surface area contributed by atoms with Crippen molar-refractivity contribution in [1.82, 2.24) is 15.0 Å². The second-order valence-electron chi connectivity index (χ2n) is 6.29. The summed E-state index contributed by atoms with van der Waals surface area (Å²) in [7, 11) is 1.70. The number of H-pyrrole nitrogens is 1. The number of hydrogen-bond donors (Lipinski definition) is 1. The Balaban J connectivity index is 1.85. The Morgan fingerprint density at radius 3 is 2.67 bits per heavy atom. The number of hydrogen-bond acceptors (Lipinski definition) is 4. The minimum Gasteiger partial charge on any atom is -0.496 e. The third-order valence-electron chi connectivity index (χ3n) is 4.62. The summed E-state index contributed by atoms with van der Waals surface area (Å²) >= 11 is 0. The normalized spacial score (nSPS) is 15.0. The fraction of sp³-hybridized carbons (Fsp3) is 0.368. The van der Waals surface area contributed by atoms with Gasteiger partial charge >= 0.3 is 0 Å². The number of nitrogens with one attached hydrogen (secondary N) is 1. The third kappa shape index (κ3) is 2.60. The van der Waals surface area contributed by atoms with Crippen LogP contribution in [-0.2, 0) is 0 Å². The SMILES string of the molecule is COc1ccccc1-c1cc2nc(C)nc(N3CCCCC3)c2[nH]1. The molecule has 3 heterocycles. The van der Waals surface area contributed by atoms with Gasteiger partial charge < -0.3 is 14.6 Å². The highest BCUT2D eigenvalue weighted by Gasteiger charge is 2.19. The molecule has 124 valence electrons. The molecule has 0 saturated carbocycles. The quantitative estimate of drug-likeness (QED) is 0.794. The van der Waals surface area contributed by atoms with Gasteiger partial charge in [0.2, 0.25) is 0 Å². The number of aromatic amines is 1. The zero-order chi connectivity index (χ0) is 16.5. The maximum Gasteiger partial charge on any atom is 0.156 e. The van der Waals surface area contributed by atoms with Crippen LogP contribution in [0.4, 0.5) is 5.82 Å². The average molecular weight is 322 g/mol. The van der Waals surface area contributed by atoms with E-state index in [2.05, 4.69) is 27.0 Å². The molecule has 0 radical (unpaired) electrons. The van der Waals surface area contributed by atoms with Crippen molar-refractivity contribution in [3.63, 3.8) is 0 Å². The molecule has 1 fully saturated rings. The molecule has 1 aliphatic heterocycles. The molecular formula is C19H22N4O. The first-order chi connectivity index (χ1) is 11.8. The predicted molar refractivity (Wildman–Crippen MR) is 96.7 cm³/mol. The summed E-state index contributed by atoms with van der Waals surface area (Å²) in [6.45, 7) is 4.09. The van der Waals surface area contributed by atoms with Crippen molar-refractivity contribution in [2.45, 2.75) is 26.2 Å². The van der Waals surface area contributed by atoms with Crippen LogP contribution in [0.15, 0.2) is 30.3 Å². The lowest BCUT2D eigenvalue weighted by molar-refractivity contribution is 0.416. The van der Waals surface area contributed by atoms with E-state index in [4.69, 9.17) is 9.72 Å². The molecule has 0 amide bonds. The first-order valence-corrected chi connectivity index (χ1v) is 8.52. The molecule has 0 spiro atoms. The minimum absolute atomic E-state index is 0.814. The molecule has 5 heteroatoms. The first-order valence-electron chi connectivity index (χ1n) is 8.52. The topological polar surface area (TPSA) is 54.0 Å². The van der Waals surface area contributed by atoms with Gasteiger partial charge in [-0.15, -0.1) is 0 Å². The number of anilines is 1. The summed E-state index contributed by atoms with van der Waals surface area (Å²) in [5.41, 5.74) is 4.04. The number of benzene rings is 1. The van der Waals surface area contributed by atoms with Crippen molar-refractivity contribution >= 4 is 16.9 Å². The van der Waals surface area contributed by atoms with Gasteiger partial charge in [-0.3, -0.25) is 0 Å². The molecule has 0 unspecified atom stereocenters. The van der Waals surface area contributed by atoms with Gasteiger partial charge in [-0.25, -0.2) is 9.97 Å². The standard InChI is InChI=1S/C19H22N4O/c1-13-20-16-12-15(14-8-4-5-9-17(14)24-2)22-18(16)19(21-13)23-10-6-3-7-11-23/h4-5,8-9,12,22H,3,6-7,10-11H2,1-2H3. The van der Waals surface area contributed by atoms with Gasteiger partial charge in [0.25, 0.3) is 0 Å². The number of aromatic nitrogens is 3. The van der Waals surface area contributed by atoms with Crippen molar-refractivity contribution in [3.8, 4) is 17.0 Å². The molecule has 4 rings (SSSR count). The molecule has 3 aromatic rings. The fourth-order valence-corrected chi connectivity index (χ4v) is 3.46. The van der Waals surface area contributed by atoms with Gasteiger partial charge in [0, 0.05) is 18.7 Å². The summed E-state index contributed by atoms with van der Waals surface area (Å²) in [4.78, 5) is 15.3. The Morgan fingerprint density at radius 2 is 1.88 bits per heavy atom. The van der Waals surface area contributed by atoms with Crippen molar-refractivity contribution in [2.24, 2.45) is 0 Å². The van der Waals surface area contributed by atoms with E-state index in [1.807, 2.05) is 25.1 Å². The van der Waals surface area contributed by atoms with Gasteiger partial charge in [-0.2, -0.15) is 0 Å². The summed E-state index contributed by atoms with van der Waals surface area (Å²) in [5.74, 6) is 2.69. The van der Waals surface area contributed by atoms with Crippen LogP contribution in [0.5, 0.6) is 5.75 Å². The molecule has 5 nitrogen and oxygen atoms in total. The summed E-state index contributed by atoms with van der Waals surface area (Å²) in [6, 6.07) is 10.1. The lowest BCUT2D eigenvalue weighted by Gasteiger charge is -2.28. The maximum atomic E-state index is 5.50. The number of ether oxygens (including phenoxy) is 1. The zero-order valence-corrected chi connectivity index (χ0v) is 14.2. The second-order valence-corrected chi connectivity index (χ2v) is 6.29. The van der Waals surface area contributed by atoms with Crippen LogP contribution in [-0.4, -0.2) is 35.2 Å². The number of piperidine rings is 1. The summed E-state index contributed by atoms with van der Waals surface area (Å²) in [5, 5.41) is 0. The van der Waals surface area contributed by atoms with E-state index < -0.39 is 0 Å². The lowest BCUT2D eigenvalue weighted by atomic mass is 10.1. The predicted octanol–water partition coefficient (Wildman–Crippen LogP) is 3.93. The van der Waals surface area contributed by atoms with Crippen LogP contribution >= 0.6 is 0 Å². The highest BCUT2D eigenvalue weighted by atomic mass is 16.5. The Morgan fingerprint density at radius 1 is 1.08 bits per heavy atom. The molecule has 0 aliphatic carbocycles. The van der Waals surface area contributed by atoms with Crippen LogP contribution in [0.25, 0.3) is 22.3 Å². The third-order valence-corrected chi connectivity index (χ3v) is 4.62. The van der Waals surface area contributed by atoms with Crippen LogP contribution in [0.1, 0.15) is 25.1 Å². The Kier molecular flexibility index (Phi) is 3.84. The van der Waals surface area contributed by atoms with E-state index in [-0.39, 0.29) is 0 Å². The molecule has 1 aliphatic rings. The van der Waals surface area contributed by atoms with Gasteiger partial charge in [0.15, 0.2) is 5.82 Å². The molecule has 1 aromatic carbocycles. The fourth-order valence-electron chi connectivity index (χ4n) is 3.46. The van der Waals surface area contributed by atoms with E-state index in [0.29, 0.717) is 0 Å². The van der Waals surface area contributed by atoms with Crippen LogP contribution in [0, 0.1) is 6.92 Å². The van der Waals surface area contributed by atoms with Crippen LogP contribution in [0.3, 0.4) is 0 Å². The monoisotopic (exact) mass is 322 g/mol. The van der Waals surface area contributed by atoms with E-state index in [9.17, 15) is 0 Å². The number of para-hydroxylation sites is 1. The van der Waals surface area contributed by atoms with Gasteiger partial charge in [0.05, 0.1) is 18.3 Å². The lowest BCUT2D eigenvalue weighted by Crippen LogP contribution is -2.30. The number of aryl methyl sites for hydroxylation is 1. The smallest absolute Gasteiger partial charge is 0.156 e. The van der Waals surface area contributed by atoms with Crippen molar-refractivity contribution in [2.75, 3.05) is 25.1 Å². The molecule has 1 N–H and O–H groups in total. The number of methoxy groups -OCH3 is 1. The Hall–Kier alpha value is -2.56. The zero-order valence-electron chi connectivity index (χ0n) is 14.2. The molecule has 0 atom stereocenters. The van der Waals surface area contributed by atoms with Crippen LogP contribution in [0.2, 0.25) is 0 Å². The minimum atomic E-state index is 0.814. The van der Waals surface area contributed by atoms with E-state index in [1.54, 1.807) is 7.11 Å². The second kappa shape index (κ2) is 6.15. The average Bonchev–Trinajstić information content (AvgIpc) is 3.05. The number of nitrogens with zero attached hydrogens (tertiary/aromatic N) is 3. The number of rotatable bonds is 3. The van der Waals surface area contributed by atoms with Crippen molar-refractivity contribution in [3.05, 3.63) is 36.2 Å². The Labute approximate surface area is 141 Å². The maximum absolute atomic E-state index is 5.50. The highest BCUT2D eigenvalue weighted by Crippen LogP contribution is 2.33. The molecule has 2 aromatic heterocycles. The van der Waals surface area contributed by atoms with Gasteiger partial charge in [0.1, 0.15) is 17.1 Å². The van der Waals surface area contributed by atoms with Crippen molar-refractivity contribution in [1.29, 1.82) is 0 Å². The molecule has 0 bridgehead atoms. The molecule has 24 heavy (non-hydrogen) atoms. The molecule has 1 saturated heterocycles. The molecular weight excluding hydrogens is 300 g/mol.